The van der Waals surface area contributed by atoms with Gasteiger partial charge in [0.05, 0.1) is 25.3 Å². The number of aromatic hydroxyl groups is 10. The van der Waals surface area contributed by atoms with Gasteiger partial charge in [-0.25, -0.2) is 14.4 Å². The van der Waals surface area contributed by atoms with E-state index in [-0.39, 0.29) is 161 Å². The van der Waals surface area contributed by atoms with Crippen LogP contribution in [0.3, 0.4) is 0 Å². The topological polar surface area (TPSA) is 625 Å². The molecular formula is C104H124N10Na2O28. The number of carboxylic acid groups (broad SMARTS) is 3. The van der Waals surface area contributed by atoms with Gasteiger partial charge in [-0.1, -0.05) is 130 Å². The normalized spacial score (nSPS) is 11.3. The second-order valence-electron chi connectivity index (χ2n) is 29.0. The number of nitroso groups, excluding NO2 is 2. The summed E-state index contributed by atoms with van der Waals surface area (Å²) < 4.78 is 9.05. The fraction of sp³-hybridized carbons (Fsp3) is 0.279. The van der Waals surface area contributed by atoms with E-state index in [0.717, 1.165) is 67.8 Å². The van der Waals surface area contributed by atoms with Crippen LogP contribution in [0, 0.1) is 30.0 Å². The van der Waals surface area contributed by atoms with Crippen LogP contribution in [0.15, 0.2) is 233 Å². The molecule has 0 aliphatic carbocycles. The van der Waals surface area contributed by atoms with Gasteiger partial charge >= 0.3 is 77.0 Å². The number of carbonyl (C=O) groups is 7. The number of carbonyl (C=O) groups excluding carboxylic acids is 4. The van der Waals surface area contributed by atoms with Crippen molar-refractivity contribution in [3.8, 4) is 57.5 Å². The zero-order chi connectivity index (χ0) is 107. The third-order valence-electron chi connectivity index (χ3n) is 20.1. The maximum absolute atomic E-state index is 12.7. The number of piperidine rings is 3. The van der Waals surface area contributed by atoms with Gasteiger partial charge < -0.3 is 127 Å². The molecule has 0 radical (unpaired) electrons. The molecule has 760 valence electrons. The number of carboxylic acids is 3. The second kappa shape index (κ2) is 69.5. The van der Waals surface area contributed by atoms with Crippen LogP contribution in [-0.4, -0.2) is 162 Å². The van der Waals surface area contributed by atoms with E-state index in [1.165, 1.54) is 164 Å². The number of rotatable bonds is 12. The van der Waals surface area contributed by atoms with Gasteiger partial charge in [-0.3, -0.25) is 19.2 Å². The van der Waals surface area contributed by atoms with Gasteiger partial charge in [-0.2, -0.15) is 0 Å². The van der Waals surface area contributed by atoms with Gasteiger partial charge in [-0.05, 0) is 247 Å². The summed E-state index contributed by atoms with van der Waals surface area (Å²) >= 11 is 0. The molecule has 40 heteroatoms. The van der Waals surface area contributed by atoms with Crippen LogP contribution in [-0.2, 0) is 19.1 Å². The smallest absolute Gasteiger partial charge is 0.507 e. The van der Waals surface area contributed by atoms with E-state index < -0.39 is 47.3 Å². The number of nitrogens with zero attached hydrogens (tertiary/aromatic N) is 7. The molecule has 13 aromatic carbocycles. The number of methoxy groups -OCH3 is 2. The molecule has 13 aromatic rings. The summed E-state index contributed by atoms with van der Waals surface area (Å²) in [4.78, 5) is 121. The molecule has 0 saturated carbocycles. The van der Waals surface area contributed by atoms with Crippen LogP contribution in [0.2, 0.25) is 0 Å². The number of phenols is 10. The summed E-state index contributed by atoms with van der Waals surface area (Å²) in [5.74, 6) is -7.61. The third-order valence-corrected chi connectivity index (χ3v) is 20.1. The molecule has 0 bridgehead atoms. The number of hydrogen-bond acceptors (Lipinski definition) is 33. The molecule has 144 heavy (non-hydrogen) atoms. The first-order valence-corrected chi connectivity index (χ1v) is 45.3. The van der Waals surface area contributed by atoms with E-state index in [1.54, 1.807) is 66.7 Å². The van der Waals surface area contributed by atoms with Gasteiger partial charge in [0.2, 0.25) is 0 Å². The average Bonchev–Trinajstić information content (AvgIpc) is 0.787. The largest absolute Gasteiger partial charge is 1.00 e. The van der Waals surface area contributed by atoms with Gasteiger partial charge in [0.25, 0.3) is 23.8 Å². The quantitative estimate of drug-likeness (QED) is 0.0135. The number of fused-ring (bicyclic) bond motifs is 5. The monoisotopic (exact) mass is 2010 g/mol. The van der Waals surface area contributed by atoms with E-state index in [4.69, 9.17) is 50.9 Å². The number of phenolic OH excluding ortho intramolecular Hbond substituents is 9. The molecule has 3 heterocycles. The molecular weight excluding hydrogens is 1880 g/mol. The Morgan fingerprint density at radius 1 is 0.319 bits per heavy atom. The van der Waals surface area contributed by atoms with Gasteiger partial charge in [0.1, 0.15) is 62.6 Å². The summed E-state index contributed by atoms with van der Waals surface area (Å²) in [6, 6.07) is 58.5. The number of hydrogen-bond donors (Lipinski definition) is 16. The fourth-order valence-electron chi connectivity index (χ4n) is 13.8. The minimum absolute atomic E-state index is 0. The first-order chi connectivity index (χ1) is 68.1. The van der Waals surface area contributed by atoms with Crippen LogP contribution in [0.25, 0.3) is 53.9 Å². The molecule has 2 amide bonds. The number of anilines is 6. The molecule has 17 N–H and O–H groups in total. The zero-order valence-electron chi connectivity index (χ0n) is 83.5. The Balaban J connectivity index is 0.00000165. The summed E-state index contributed by atoms with van der Waals surface area (Å²) in [5, 5.41) is 155. The molecule has 0 unspecified atom stereocenters. The van der Waals surface area contributed by atoms with Crippen molar-refractivity contribution >= 4 is 141 Å². The van der Waals surface area contributed by atoms with E-state index in [2.05, 4.69) is 57.3 Å². The molecule has 3 fully saturated rings. The van der Waals surface area contributed by atoms with Crippen LogP contribution < -0.4 is 90.2 Å². The Morgan fingerprint density at radius 3 is 0.889 bits per heavy atom. The number of esters is 2. The summed E-state index contributed by atoms with van der Waals surface area (Å²) in [6.07, 6.45) is 11.4. The number of amides is 2. The number of aromatic carboxylic acids is 1. The molecule has 16 rings (SSSR count). The van der Waals surface area contributed by atoms with Crippen LogP contribution in [0.5, 0.6) is 57.5 Å². The summed E-state index contributed by atoms with van der Waals surface area (Å²) in [5.41, 5.74) is 11.2. The Kier molecular flexibility index (Phi) is 62.1. The Hall–Kier alpha value is -15.4. The van der Waals surface area contributed by atoms with Crippen molar-refractivity contribution in [2.24, 2.45) is 21.0 Å². The summed E-state index contributed by atoms with van der Waals surface area (Å²) in [7, 11) is 2.44. The maximum Gasteiger partial charge on any atom is 1.00 e. The predicted octanol–water partition coefficient (Wildman–Crippen LogP) is 17.9. The SMILES string of the molecule is CC.CC.CC.CC.CC.CC(=O)O.CC(=O)O.COC(=O)c1cc2ccc(N=O)c(O)c2cc1O.COC(=O)c1cc2cccc(O)c2cc1O.Nc1ccc(N2CCCCC2)cc1.O=C(Nc1ccc(N2CCCCC2)cc1)c1cc2cccc(O)c2cc1O.O=C(O)c1cc2ccccc2c(O)c1O.O=N[O-].O=N[O-].O=Nc1ccc2cc(C(=O)Nc3ccc(N4CCCCC4)cc3)c(O)cc2c1O.[Na+].[Na+]. The Labute approximate surface area is 877 Å². The van der Waals surface area contributed by atoms with Crippen molar-refractivity contribution in [3.63, 3.8) is 0 Å². The number of nitrogens with one attached hydrogen (secondary N) is 2. The van der Waals surface area contributed by atoms with Gasteiger partial charge in [0, 0.05) is 114 Å². The van der Waals surface area contributed by atoms with E-state index in [9.17, 15) is 84.9 Å². The van der Waals surface area contributed by atoms with Gasteiger partial charge in [0.15, 0.2) is 23.0 Å². The van der Waals surface area contributed by atoms with Crippen LogP contribution in [0.1, 0.15) is 193 Å². The predicted molar refractivity (Wildman–Crippen MR) is 556 cm³/mol. The molecule has 0 aromatic heterocycles. The third kappa shape index (κ3) is 40.0. The molecule has 0 atom stereocenters. The number of aliphatic carboxylic acids is 2. The average molecular weight is 2010 g/mol. The minimum atomic E-state index is -1.27. The molecule has 0 spiro atoms. The van der Waals surface area contributed by atoms with Crippen molar-refractivity contribution < 1.29 is 169 Å². The van der Waals surface area contributed by atoms with Crippen molar-refractivity contribution in [1.29, 1.82) is 0 Å². The van der Waals surface area contributed by atoms with Crippen LogP contribution >= 0.6 is 0 Å². The number of benzene rings is 13. The molecule has 38 nitrogen and oxygen atoms in total. The first kappa shape index (κ1) is 129. The van der Waals surface area contributed by atoms with E-state index >= 15 is 0 Å². The van der Waals surface area contributed by atoms with Crippen molar-refractivity contribution in [2.45, 2.75) is 141 Å². The fourth-order valence-corrected chi connectivity index (χ4v) is 13.8. The van der Waals surface area contributed by atoms with E-state index in [1.807, 2.05) is 130 Å². The number of nitrogens with two attached hydrogens (primary N) is 1. The zero-order valence-corrected chi connectivity index (χ0v) is 87.5. The Morgan fingerprint density at radius 2 is 0.583 bits per heavy atom. The van der Waals surface area contributed by atoms with Crippen molar-refractivity contribution in [3.05, 3.63) is 270 Å². The molecule has 3 aliphatic rings. The van der Waals surface area contributed by atoms with Crippen molar-refractivity contribution in [1.82, 2.24) is 0 Å². The second-order valence-corrected chi connectivity index (χ2v) is 29.0. The minimum Gasteiger partial charge on any atom is -0.507 e. The standard InChI is InChI=1S/C22H21N3O4.C22H22N2O3.C12H9NO5.C12H10O4.C11H16N2.C11H8O4.2C2H4O2.5C2H6.2HNO2.2Na/c26-20-13-17-14(4-9-19(24-29)21(17)27)12-18(20)22(28)23-15-5-7-16(8-6-15)25-10-2-1-3-11-25;25-20-6-4-5-15-13-19(21(26)14-18(15)20)22(27)23-16-7-9-17(10-8-16)24-11-2-1-3-12-24;1-18-12(16)8-4-6-2-3-9(13-17)11(15)7(6)5-10(8)14;1-16-12(15)9-5-7-3-2-4-10(13)8(7)6-11(9)14;12-10-4-6-11(7-5-10)13-8-2-1-3-9-13;12-9-7-4-2-1-3-6(7)5-8(10(9)13)11(14)15;2*1-2(3)4;5*1-2;2*2-1-3;;/h4-9,12-13,26-27H,1-3,10-11H2,(H,23,28);4-10,13-14,25-26H,1-3,11-12H2,(H,23,27);2-5,14-15H,1H3;2-6,13-14H,1H3;4-7H,1-3,8-9,12H2;1-5,12-13H,(H,14,15);2*1H3,(H,3,4);5*1-2H3;2*(H,2,3);;/q;;;;;;;;;;;;;;;2*+1/p-2. The number of ether oxygens (including phenoxy) is 2. The number of nitrogen functional groups attached to an aromatic ring is 1. The van der Waals surface area contributed by atoms with Gasteiger partial charge in [-0.15, -0.1) is 20.5 Å². The molecule has 3 aliphatic heterocycles. The van der Waals surface area contributed by atoms with E-state index in [0.29, 0.717) is 54.5 Å². The van der Waals surface area contributed by atoms with Crippen molar-refractivity contribution in [2.75, 3.05) is 84.6 Å². The maximum atomic E-state index is 12.7. The first-order valence-electron chi connectivity index (χ1n) is 45.3. The molecule has 3 saturated heterocycles. The Bertz CT molecular complexity index is 6240. The summed E-state index contributed by atoms with van der Waals surface area (Å²) in [6.45, 7) is 28.8. The van der Waals surface area contributed by atoms with Crippen LogP contribution in [0.4, 0.5) is 45.5 Å².